The molecule has 17 heavy (non-hydrogen) atoms. The number of halogens is 2. The van der Waals surface area contributed by atoms with Crippen molar-refractivity contribution in [2.24, 2.45) is 0 Å². The van der Waals surface area contributed by atoms with Crippen LogP contribution >= 0.6 is 15.9 Å². The second kappa shape index (κ2) is 4.93. The number of pyridine rings is 1. The standard InChI is InChI=1S/C12H7BrFN3/c13-9-3-4-11(10(14)6-9)17-12-8(7-15)2-1-5-16-12/h1-6H,(H,16,17). The predicted molar refractivity (Wildman–Crippen MR) is 66.3 cm³/mol. The van der Waals surface area contributed by atoms with Crippen LogP contribution in [-0.2, 0) is 0 Å². The fraction of sp³-hybridized carbons (Fsp3) is 0. The maximum absolute atomic E-state index is 13.6. The van der Waals surface area contributed by atoms with Gasteiger partial charge in [-0.25, -0.2) is 9.37 Å². The van der Waals surface area contributed by atoms with Crippen LogP contribution in [0.5, 0.6) is 0 Å². The first-order valence-electron chi connectivity index (χ1n) is 4.78. The van der Waals surface area contributed by atoms with Crippen LogP contribution in [-0.4, -0.2) is 4.98 Å². The number of nitrogens with zero attached hydrogens (tertiary/aromatic N) is 2. The van der Waals surface area contributed by atoms with E-state index in [9.17, 15) is 4.39 Å². The quantitative estimate of drug-likeness (QED) is 0.920. The van der Waals surface area contributed by atoms with Crippen LogP contribution in [0, 0.1) is 17.1 Å². The first-order chi connectivity index (χ1) is 8.20. The summed E-state index contributed by atoms with van der Waals surface area (Å²) in [6.07, 6.45) is 1.54. The normalized spacial score (nSPS) is 9.71. The van der Waals surface area contributed by atoms with E-state index >= 15 is 0 Å². The molecule has 0 fully saturated rings. The van der Waals surface area contributed by atoms with Crippen LogP contribution in [0.3, 0.4) is 0 Å². The molecule has 1 N–H and O–H groups in total. The number of benzene rings is 1. The molecule has 0 radical (unpaired) electrons. The van der Waals surface area contributed by atoms with Crippen LogP contribution in [0.4, 0.5) is 15.9 Å². The SMILES string of the molecule is N#Cc1cccnc1Nc1ccc(Br)cc1F. The average Bonchev–Trinajstić information content (AvgIpc) is 2.33. The van der Waals surface area contributed by atoms with E-state index in [-0.39, 0.29) is 5.69 Å². The Labute approximate surface area is 106 Å². The summed E-state index contributed by atoms with van der Waals surface area (Å²) in [7, 11) is 0. The first kappa shape index (κ1) is 11.6. The number of hydrogen-bond acceptors (Lipinski definition) is 3. The van der Waals surface area contributed by atoms with Gasteiger partial charge in [-0.1, -0.05) is 15.9 Å². The molecule has 0 saturated heterocycles. The van der Waals surface area contributed by atoms with Gasteiger partial charge in [-0.3, -0.25) is 0 Å². The first-order valence-corrected chi connectivity index (χ1v) is 5.57. The summed E-state index contributed by atoms with van der Waals surface area (Å²) < 4.78 is 14.2. The topological polar surface area (TPSA) is 48.7 Å². The van der Waals surface area contributed by atoms with E-state index in [2.05, 4.69) is 26.2 Å². The predicted octanol–water partition coefficient (Wildman–Crippen LogP) is 3.60. The summed E-state index contributed by atoms with van der Waals surface area (Å²) in [4.78, 5) is 4.00. The highest BCUT2D eigenvalue weighted by Crippen LogP contribution is 2.23. The molecule has 0 unspecified atom stereocenters. The Morgan fingerprint density at radius 1 is 1.35 bits per heavy atom. The summed E-state index contributed by atoms with van der Waals surface area (Å²) in [5.74, 6) is -0.0647. The zero-order chi connectivity index (χ0) is 12.3. The largest absolute Gasteiger partial charge is 0.337 e. The number of rotatable bonds is 2. The Balaban J connectivity index is 2.35. The average molecular weight is 292 g/mol. The molecule has 0 saturated carbocycles. The Hall–Kier alpha value is -1.93. The summed E-state index contributed by atoms with van der Waals surface area (Å²) in [5, 5.41) is 11.7. The highest BCUT2D eigenvalue weighted by atomic mass is 79.9. The third kappa shape index (κ3) is 2.60. The lowest BCUT2D eigenvalue weighted by molar-refractivity contribution is 0.631. The summed E-state index contributed by atoms with van der Waals surface area (Å²) >= 11 is 3.17. The van der Waals surface area contributed by atoms with Crippen molar-refractivity contribution in [2.75, 3.05) is 5.32 Å². The molecule has 5 heteroatoms. The Bertz CT molecular complexity index is 593. The van der Waals surface area contributed by atoms with Crippen LogP contribution in [0.25, 0.3) is 0 Å². The lowest BCUT2D eigenvalue weighted by Gasteiger charge is -2.07. The van der Waals surface area contributed by atoms with Gasteiger partial charge in [-0.05, 0) is 30.3 Å². The second-order valence-electron chi connectivity index (χ2n) is 3.26. The van der Waals surface area contributed by atoms with E-state index in [1.54, 1.807) is 30.5 Å². The number of aromatic nitrogens is 1. The molecule has 2 aromatic rings. The van der Waals surface area contributed by atoms with E-state index in [0.29, 0.717) is 15.9 Å². The Kier molecular flexibility index (Phi) is 3.35. The maximum Gasteiger partial charge on any atom is 0.148 e. The van der Waals surface area contributed by atoms with Crippen LogP contribution in [0.2, 0.25) is 0 Å². The fourth-order valence-electron chi connectivity index (χ4n) is 1.31. The highest BCUT2D eigenvalue weighted by molar-refractivity contribution is 9.10. The van der Waals surface area contributed by atoms with Gasteiger partial charge in [-0.15, -0.1) is 0 Å². The molecule has 1 heterocycles. The van der Waals surface area contributed by atoms with Gasteiger partial charge in [0.15, 0.2) is 0 Å². The molecule has 0 bridgehead atoms. The van der Waals surface area contributed by atoms with Crippen molar-refractivity contribution in [3.8, 4) is 6.07 Å². The zero-order valence-electron chi connectivity index (χ0n) is 8.61. The van der Waals surface area contributed by atoms with E-state index in [1.807, 2.05) is 6.07 Å². The van der Waals surface area contributed by atoms with Crippen molar-refractivity contribution in [1.82, 2.24) is 4.98 Å². The van der Waals surface area contributed by atoms with Gasteiger partial charge in [0.25, 0.3) is 0 Å². The van der Waals surface area contributed by atoms with Gasteiger partial charge in [-0.2, -0.15) is 5.26 Å². The zero-order valence-corrected chi connectivity index (χ0v) is 10.2. The molecule has 1 aromatic carbocycles. The molecule has 0 amide bonds. The highest BCUT2D eigenvalue weighted by Gasteiger charge is 2.06. The van der Waals surface area contributed by atoms with Gasteiger partial charge in [0, 0.05) is 10.7 Å². The van der Waals surface area contributed by atoms with Gasteiger partial charge in [0.05, 0.1) is 11.3 Å². The van der Waals surface area contributed by atoms with Crippen molar-refractivity contribution in [1.29, 1.82) is 5.26 Å². The van der Waals surface area contributed by atoms with Crippen molar-refractivity contribution in [2.45, 2.75) is 0 Å². The Morgan fingerprint density at radius 2 is 2.18 bits per heavy atom. The fourth-order valence-corrected chi connectivity index (χ4v) is 1.65. The molecular weight excluding hydrogens is 285 g/mol. The van der Waals surface area contributed by atoms with Gasteiger partial charge in [0.1, 0.15) is 17.7 Å². The van der Waals surface area contributed by atoms with Crippen molar-refractivity contribution < 1.29 is 4.39 Å². The number of nitriles is 1. The molecule has 2 rings (SSSR count). The molecule has 84 valence electrons. The van der Waals surface area contributed by atoms with E-state index in [1.165, 1.54) is 6.07 Å². The van der Waals surface area contributed by atoms with Gasteiger partial charge >= 0.3 is 0 Å². The minimum absolute atomic E-state index is 0.281. The summed E-state index contributed by atoms with van der Waals surface area (Å²) in [6, 6.07) is 9.89. The van der Waals surface area contributed by atoms with Crippen molar-refractivity contribution >= 4 is 27.4 Å². The molecule has 1 aromatic heterocycles. The van der Waals surface area contributed by atoms with E-state index in [0.717, 1.165) is 0 Å². The number of anilines is 2. The monoisotopic (exact) mass is 291 g/mol. The van der Waals surface area contributed by atoms with Gasteiger partial charge in [0.2, 0.25) is 0 Å². The smallest absolute Gasteiger partial charge is 0.148 e. The van der Waals surface area contributed by atoms with E-state index in [4.69, 9.17) is 5.26 Å². The Morgan fingerprint density at radius 3 is 2.88 bits per heavy atom. The molecule has 0 aliphatic rings. The van der Waals surface area contributed by atoms with Gasteiger partial charge < -0.3 is 5.32 Å². The molecular formula is C12H7BrFN3. The maximum atomic E-state index is 13.6. The number of nitrogens with one attached hydrogen (secondary N) is 1. The molecule has 0 aliphatic carbocycles. The lowest BCUT2D eigenvalue weighted by atomic mass is 10.2. The second-order valence-corrected chi connectivity index (χ2v) is 4.18. The minimum Gasteiger partial charge on any atom is -0.337 e. The number of hydrogen-bond donors (Lipinski definition) is 1. The van der Waals surface area contributed by atoms with Crippen LogP contribution in [0.1, 0.15) is 5.56 Å². The summed E-state index contributed by atoms with van der Waals surface area (Å²) in [5.41, 5.74) is 0.651. The van der Waals surface area contributed by atoms with Crippen LogP contribution in [0.15, 0.2) is 41.0 Å². The third-order valence-electron chi connectivity index (χ3n) is 2.11. The molecule has 0 spiro atoms. The molecule has 0 aliphatic heterocycles. The van der Waals surface area contributed by atoms with Crippen molar-refractivity contribution in [3.05, 3.63) is 52.4 Å². The van der Waals surface area contributed by atoms with E-state index < -0.39 is 5.82 Å². The lowest BCUT2D eigenvalue weighted by Crippen LogP contribution is -1.98. The molecule has 3 nitrogen and oxygen atoms in total. The molecule has 0 atom stereocenters. The van der Waals surface area contributed by atoms with Crippen LogP contribution < -0.4 is 5.32 Å². The van der Waals surface area contributed by atoms with Crippen molar-refractivity contribution in [3.63, 3.8) is 0 Å². The third-order valence-corrected chi connectivity index (χ3v) is 2.61. The summed E-state index contributed by atoms with van der Waals surface area (Å²) in [6.45, 7) is 0. The minimum atomic E-state index is -0.408.